The Morgan fingerprint density at radius 1 is 1.25 bits per heavy atom. The molecule has 1 saturated heterocycles. The van der Waals surface area contributed by atoms with Crippen molar-refractivity contribution in [3.05, 3.63) is 56.0 Å². The minimum absolute atomic E-state index is 0.0168. The highest BCUT2D eigenvalue weighted by atomic mass is 35.5. The first kappa shape index (κ1) is 20.4. The molecule has 28 heavy (non-hydrogen) atoms. The molecule has 0 unspecified atom stereocenters. The van der Waals surface area contributed by atoms with Gasteiger partial charge in [-0.15, -0.1) is 11.3 Å². The van der Waals surface area contributed by atoms with Crippen LogP contribution in [0.15, 0.2) is 35.9 Å². The fourth-order valence-electron chi connectivity index (χ4n) is 2.93. The summed E-state index contributed by atoms with van der Waals surface area (Å²) in [4.78, 5) is 25.4. The standard InChI is InChI=1S/C18H17Cl2N5O2S/c1-2-27-17(26)14(7-21)16-24(10-12-3-4-15(19)22-8-12)5-6-25(16)11-13-9-23-18(20)28-13/h3-4,8-9H,2,5-6,10-11H2,1H3/b16-14-. The van der Waals surface area contributed by atoms with Crippen LogP contribution in [0.5, 0.6) is 0 Å². The number of nitriles is 1. The molecule has 2 aromatic rings. The highest BCUT2D eigenvalue weighted by Crippen LogP contribution is 2.29. The lowest BCUT2D eigenvalue weighted by Gasteiger charge is -2.25. The predicted octanol–water partition coefficient (Wildman–Crippen LogP) is 3.46. The highest BCUT2D eigenvalue weighted by molar-refractivity contribution is 7.15. The molecule has 3 rings (SSSR count). The molecule has 1 aliphatic rings. The number of hydrogen-bond acceptors (Lipinski definition) is 8. The van der Waals surface area contributed by atoms with Gasteiger partial charge < -0.3 is 14.5 Å². The summed E-state index contributed by atoms with van der Waals surface area (Å²) in [5.41, 5.74) is 0.905. The summed E-state index contributed by atoms with van der Waals surface area (Å²) < 4.78 is 5.54. The number of nitrogens with zero attached hydrogens (tertiary/aromatic N) is 5. The van der Waals surface area contributed by atoms with E-state index >= 15 is 0 Å². The van der Waals surface area contributed by atoms with Gasteiger partial charge in [-0.3, -0.25) is 0 Å². The Labute approximate surface area is 176 Å². The molecule has 0 atom stereocenters. The Balaban J connectivity index is 1.93. The third-order valence-corrected chi connectivity index (χ3v) is 5.41. The van der Waals surface area contributed by atoms with Crippen molar-refractivity contribution < 1.29 is 9.53 Å². The lowest BCUT2D eigenvalue weighted by Crippen LogP contribution is -2.27. The maximum Gasteiger partial charge on any atom is 0.352 e. The lowest BCUT2D eigenvalue weighted by molar-refractivity contribution is -0.138. The second-order valence-electron chi connectivity index (χ2n) is 5.94. The smallest absolute Gasteiger partial charge is 0.352 e. The number of aromatic nitrogens is 2. The van der Waals surface area contributed by atoms with Crippen LogP contribution in [0.25, 0.3) is 0 Å². The highest BCUT2D eigenvalue weighted by Gasteiger charge is 2.32. The SMILES string of the molecule is CCOC(=O)/C(C#N)=C1/N(Cc2ccc(Cl)nc2)CCN1Cc1cnc(Cl)s1. The van der Waals surface area contributed by atoms with E-state index in [9.17, 15) is 10.1 Å². The first-order valence-electron chi connectivity index (χ1n) is 8.53. The van der Waals surface area contributed by atoms with E-state index in [1.165, 1.54) is 11.3 Å². The lowest BCUT2D eigenvalue weighted by atomic mass is 10.2. The second kappa shape index (κ2) is 9.24. The molecule has 0 amide bonds. The van der Waals surface area contributed by atoms with Crippen LogP contribution in [0.2, 0.25) is 9.62 Å². The third-order valence-electron chi connectivity index (χ3n) is 4.09. The minimum Gasteiger partial charge on any atom is -0.462 e. The van der Waals surface area contributed by atoms with E-state index in [1.54, 1.807) is 25.4 Å². The van der Waals surface area contributed by atoms with Gasteiger partial charge in [-0.25, -0.2) is 14.8 Å². The molecular formula is C18H17Cl2N5O2S. The van der Waals surface area contributed by atoms with Crippen LogP contribution >= 0.6 is 34.5 Å². The Hall–Kier alpha value is -2.34. The van der Waals surface area contributed by atoms with Gasteiger partial charge >= 0.3 is 5.97 Å². The molecule has 0 radical (unpaired) electrons. The van der Waals surface area contributed by atoms with E-state index in [-0.39, 0.29) is 12.2 Å². The fourth-order valence-corrected chi connectivity index (χ4v) is 4.04. The summed E-state index contributed by atoms with van der Waals surface area (Å²) in [5, 5.41) is 10.1. The molecule has 2 aromatic heterocycles. The van der Waals surface area contributed by atoms with Crippen LogP contribution in [0, 0.1) is 11.3 Å². The van der Waals surface area contributed by atoms with Crippen molar-refractivity contribution in [3.63, 3.8) is 0 Å². The first-order chi connectivity index (χ1) is 13.5. The third kappa shape index (κ3) is 4.73. The molecular weight excluding hydrogens is 421 g/mol. The number of carbonyl (C=O) groups is 1. The molecule has 0 aromatic carbocycles. The number of ether oxygens (including phenoxy) is 1. The average Bonchev–Trinajstić information content (AvgIpc) is 3.25. The van der Waals surface area contributed by atoms with Crippen LogP contribution in [0.3, 0.4) is 0 Å². The van der Waals surface area contributed by atoms with E-state index in [1.807, 2.05) is 21.9 Å². The number of thiazole rings is 1. The van der Waals surface area contributed by atoms with E-state index in [4.69, 9.17) is 27.9 Å². The zero-order chi connectivity index (χ0) is 20.1. The van der Waals surface area contributed by atoms with Gasteiger partial charge in [0.15, 0.2) is 10.0 Å². The summed E-state index contributed by atoms with van der Waals surface area (Å²) >= 11 is 13.2. The number of halogens is 2. The molecule has 0 spiro atoms. The van der Waals surface area contributed by atoms with Gasteiger partial charge in [-0.05, 0) is 18.6 Å². The number of rotatable bonds is 6. The van der Waals surface area contributed by atoms with Crippen LogP contribution in [-0.4, -0.2) is 45.4 Å². The summed E-state index contributed by atoms with van der Waals surface area (Å²) in [6, 6.07) is 5.60. The molecule has 1 aliphatic heterocycles. The Morgan fingerprint density at radius 2 is 2.00 bits per heavy atom. The Kier molecular flexibility index (Phi) is 6.73. The normalized spacial score (nSPS) is 15.5. The van der Waals surface area contributed by atoms with E-state index in [0.29, 0.717) is 41.6 Å². The molecule has 0 aliphatic carbocycles. The minimum atomic E-state index is -0.631. The van der Waals surface area contributed by atoms with Crippen molar-refractivity contribution in [1.29, 1.82) is 5.26 Å². The number of pyridine rings is 1. The number of carbonyl (C=O) groups excluding carboxylic acids is 1. The number of esters is 1. The molecule has 3 heterocycles. The van der Waals surface area contributed by atoms with Gasteiger partial charge in [0.05, 0.1) is 13.2 Å². The Bertz CT molecular complexity index is 923. The van der Waals surface area contributed by atoms with Crippen LogP contribution in [-0.2, 0) is 22.6 Å². The zero-order valence-corrected chi connectivity index (χ0v) is 17.4. The van der Waals surface area contributed by atoms with Gasteiger partial charge in [0.2, 0.25) is 0 Å². The van der Waals surface area contributed by atoms with Gasteiger partial charge in [0.1, 0.15) is 17.0 Å². The molecule has 0 bridgehead atoms. The van der Waals surface area contributed by atoms with Gasteiger partial charge in [-0.2, -0.15) is 5.26 Å². The molecule has 146 valence electrons. The van der Waals surface area contributed by atoms with E-state index < -0.39 is 5.97 Å². The second-order valence-corrected chi connectivity index (χ2v) is 8.03. The number of hydrogen-bond donors (Lipinski definition) is 0. The van der Waals surface area contributed by atoms with Crippen LogP contribution < -0.4 is 0 Å². The van der Waals surface area contributed by atoms with Crippen molar-refractivity contribution >= 4 is 40.5 Å². The molecule has 7 nitrogen and oxygen atoms in total. The molecule has 10 heteroatoms. The maximum absolute atomic E-state index is 12.4. The molecule has 0 saturated carbocycles. The zero-order valence-electron chi connectivity index (χ0n) is 15.1. The summed E-state index contributed by atoms with van der Waals surface area (Å²) in [6.07, 6.45) is 3.38. The van der Waals surface area contributed by atoms with Gasteiger partial charge in [0.25, 0.3) is 0 Å². The molecule has 0 N–H and O–H groups in total. The summed E-state index contributed by atoms with van der Waals surface area (Å²) in [6.45, 7) is 4.19. The van der Waals surface area contributed by atoms with Crippen molar-refractivity contribution in [3.8, 4) is 6.07 Å². The predicted molar refractivity (Wildman–Crippen MR) is 106 cm³/mol. The van der Waals surface area contributed by atoms with E-state index in [0.717, 1.165) is 10.4 Å². The first-order valence-corrected chi connectivity index (χ1v) is 10.1. The monoisotopic (exact) mass is 437 g/mol. The van der Waals surface area contributed by atoms with E-state index in [2.05, 4.69) is 9.97 Å². The summed E-state index contributed by atoms with van der Waals surface area (Å²) in [7, 11) is 0. The van der Waals surface area contributed by atoms with Crippen molar-refractivity contribution in [2.24, 2.45) is 0 Å². The van der Waals surface area contributed by atoms with Crippen LogP contribution in [0.1, 0.15) is 17.4 Å². The summed E-state index contributed by atoms with van der Waals surface area (Å²) in [5.74, 6) is -0.0890. The Morgan fingerprint density at radius 3 is 2.57 bits per heavy atom. The van der Waals surface area contributed by atoms with Crippen molar-refractivity contribution in [1.82, 2.24) is 19.8 Å². The van der Waals surface area contributed by atoms with Crippen molar-refractivity contribution in [2.75, 3.05) is 19.7 Å². The molecule has 1 fully saturated rings. The quantitative estimate of drug-likeness (QED) is 0.296. The fraction of sp³-hybridized carbons (Fsp3) is 0.333. The van der Waals surface area contributed by atoms with Crippen molar-refractivity contribution in [2.45, 2.75) is 20.0 Å². The largest absolute Gasteiger partial charge is 0.462 e. The van der Waals surface area contributed by atoms with Gasteiger partial charge in [-0.1, -0.05) is 29.3 Å². The van der Waals surface area contributed by atoms with Crippen LogP contribution in [0.4, 0.5) is 0 Å². The van der Waals surface area contributed by atoms with Gasteiger partial charge in [0, 0.05) is 36.9 Å². The topological polar surface area (TPSA) is 82.3 Å². The maximum atomic E-state index is 12.4. The average molecular weight is 438 g/mol.